The van der Waals surface area contributed by atoms with E-state index >= 15 is 0 Å². The minimum absolute atomic E-state index is 0.373. The summed E-state index contributed by atoms with van der Waals surface area (Å²) in [6.07, 6.45) is 0.906. The molecule has 0 amide bonds. The molecule has 0 fully saturated rings. The summed E-state index contributed by atoms with van der Waals surface area (Å²) in [7, 11) is -2.60. The molecule has 98 valence electrons. The van der Waals surface area contributed by atoms with E-state index in [-0.39, 0.29) is 0 Å². The van der Waals surface area contributed by atoms with Gasteiger partial charge in [-0.3, -0.25) is 9.46 Å². The third-order valence-corrected chi connectivity index (χ3v) is 6.58. The van der Waals surface area contributed by atoms with Gasteiger partial charge in [-0.15, -0.1) is 25.3 Å². The zero-order valence-electron chi connectivity index (χ0n) is 10.6. The van der Waals surface area contributed by atoms with Gasteiger partial charge in [0.15, 0.2) is 0 Å². The van der Waals surface area contributed by atoms with Crippen molar-refractivity contribution in [2.24, 2.45) is 0 Å². The second-order valence-corrected chi connectivity index (χ2v) is 8.32. The minimum Gasteiger partial charge on any atom is -0.329 e. The van der Waals surface area contributed by atoms with Crippen LogP contribution in [-0.4, -0.2) is 41.1 Å². The molecule has 0 aliphatic carbocycles. The van der Waals surface area contributed by atoms with Crippen LogP contribution >= 0.6 is 32.6 Å². The molecular weight excluding hydrogens is 261 g/mol. The molecule has 0 radical (unpaired) electrons. The van der Waals surface area contributed by atoms with Crippen LogP contribution in [-0.2, 0) is 9.09 Å². The van der Waals surface area contributed by atoms with Crippen LogP contribution in [0.25, 0.3) is 0 Å². The standard InChI is InChI=1S/C10H24NO2PS2/c1-5-11(6-2)10(15,16)9-14(12,8-4)13-7-3/h15-16H,5-9H2,1-4H3. The Morgan fingerprint density at radius 1 is 1.19 bits per heavy atom. The summed E-state index contributed by atoms with van der Waals surface area (Å²) in [6.45, 7) is 9.97. The van der Waals surface area contributed by atoms with Gasteiger partial charge >= 0.3 is 0 Å². The van der Waals surface area contributed by atoms with Crippen LogP contribution in [0.5, 0.6) is 0 Å². The Morgan fingerprint density at radius 2 is 1.69 bits per heavy atom. The van der Waals surface area contributed by atoms with Crippen LogP contribution in [0.15, 0.2) is 0 Å². The van der Waals surface area contributed by atoms with Crippen molar-refractivity contribution >= 4 is 32.6 Å². The van der Waals surface area contributed by atoms with Gasteiger partial charge in [-0.1, -0.05) is 20.8 Å². The summed E-state index contributed by atoms with van der Waals surface area (Å²) in [5, 5.41) is 0. The molecule has 0 heterocycles. The lowest BCUT2D eigenvalue weighted by molar-refractivity contribution is 0.267. The predicted octanol–water partition coefficient (Wildman–Crippen LogP) is 3.18. The second kappa shape index (κ2) is 7.32. The molecular formula is C10H24NO2PS2. The van der Waals surface area contributed by atoms with Gasteiger partial charge in [-0.25, -0.2) is 0 Å². The van der Waals surface area contributed by atoms with Crippen LogP contribution in [0.4, 0.5) is 0 Å². The molecule has 0 rings (SSSR count). The topological polar surface area (TPSA) is 29.5 Å². The van der Waals surface area contributed by atoms with Crippen molar-refractivity contribution in [3.05, 3.63) is 0 Å². The van der Waals surface area contributed by atoms with Crippen molar-refractivity contribution in [1.82, 2.24) is 4.90 Å². The molecule has 0 aliphatic rings. The van der Waals surface area contributed by atoms with E-state index in [1.165, 1.54) is 0 Å². The Kier molecular flexibility index (Phi) is 7.71. The Morgan fingerprint density at radius 3 is 2.00 bits per heavy atom. The normalized spacial score (nSPS) is 16.4. The van der Waals surface area contributed by atoms with Gasteiger partial charge in [0.1, 0.15) is 4.20 Å². The Labute approximate surface area is 111 Å². The molecule has 3 nitrogen and oxygen atoms in total. The first kappa shape index (κ1) is 16.9. The fraction of sp³-hybridized carbons (Fsp3) is 1.00. The summed E-state index contributed by atoms with van der Waals surface area (Å²) >= 11 is 9.04. The van der Waals surface area contributed by atoms with Gasteiger partial charge in [0.05, 0.1) is 12.8 Å². The predicted molar refractivity (Wildman–Crippen MR) is 78.3 cm³/mol. The van der Waals surface area contributed by atoms with Crippen LogP contribution in [0.1, 0.15) is 27.7 Å². The average Bonchev–Trinajstić information content (AvgIpc) is 2.18. The molecule has 0 spiro atoms. The van der Waals surface area contributed by atoms with Gasteiger partial charge in [-0.05, 0) is 20.0 Å². The zero-order valence-corrected chi connectivity index (χ0v) is 13.3. The van der Waals surface area contributed by atoms with Crippen molar-refractivity contribution in [2.75, 3.05) is 32.0 Å². The molecule has 1 unspecified atom stereocenters. The Balaban J connectivity index is 4.71. The van der Waals surface area contributed by atoms with Crippen LogP contribution < -0.4 is 0 Å². The molecule has 6 heteroatoms. The van der Waals surface area contributed by atoms with E-state index in [1.54, 1.807) is 0 Å². The second-order valence-electron chi connectivity index (χ2n) is 3.65. The molecule has 1 atom stereocenters. The first-order valence-corrected chi connectivity index (χ1v) is 8.66. The quantitative estimate of drug-likeness (QED) is 0.408. The van der Waals surface area contributed by atoms with Crippen LogP contribution in [0.3, 0.4) is 0 Å². The van der Waals surface area contributed by atoms with Crippen molar-refractivity contribution in [3.63, 3.8) is 0 Å². The van der Waals surface area contributed by atoms with E-state index in [2.05, 4.69) is 30.2 Å². The lowest BCUT2D eigenvalue weighted by Crippen LogP contribution is -2.42. The largest absolute Gasteiger partial charge is 0.329 e. The summed E-state index contributed by atoms with van der Waals surface area (Å²) in [5.41, 5.74) is 0. The van der Waals surface area contributed by atoms with Gasteiger partial charge in [0, 0.05) is 6.16 Å². The maximum absolute atomic E-state index is 12.4. The molecule has 0 N–H and O–H groups in total. The summed E-state index contributed by atoms with van der Waals surface area (Å²) in [6, 6.07) is 0. The highest BCUT2D eigenvalue weighted by Gasteiger charge is 2.36. The van der Waals surface area contributed by atoms with E-state index < -0.39 is 11.6 Å². The van der Waals surface area contributed by atoms with Crippen molar-refractivity contribution in [3.8, 4) is 0 Å². The zero-order chi connectivity index (χ0) is 12.8. The van der Waals surface area contributed by atoms with E-state index in [0.717, 1.165) is 13.1 Å². The van der Waals surface area contributed by atoms with Crippen molar-refractivity contribution < 1.29 is 9.09 Å². The van der Waals surface area contributed by atoms with Gasteiger partial charge < -0.3 is 4.52 Å². The smallest absolute Gasteiger partial charge is 0.206 e. The monoisotopic (exact) mass is 285 g/mol. The molecule has 0 aliphatic heterocycles. The van der Waals surface area contributed by atoms with Gasteiger partial charge in [0.2, 0.25) is 7.37 Å². The maximum Gasteiger partial charge on any atom is 0.206 e. The summed E-state index contributed by atoms with van der Waals surface area (Å²) < 4.78 is 17.1. The van der Waals surface area contributed by atoms with E-state index in [9.17, 15) is 4.57 Å². The molecule has 16 heavy (non-hydrogen) atoms. The highest BCUT2D eigenvalue weighted by Crippen LogP contribution is 2.51. The summed E-state index contributed by atoms with van der Waals surface area (Å²) in [4.78, 5) is 2.07. The Hall–Kier alpha value is 0.850. The molecule has 0 aromatic carbocycles. The lowest BCUT2D eigenvalue weighted by Gasteiger charge is -2.37. The van der Waals surface area contributed by atoms with Gasteiger partial charge in [-0.2, -0.15) is 0 Å². The Bertz CT molecular complexity index is 245. The molecule has 0 bridgehead atoms. The SMILES string of the molecule is CCOP(=O)(CC)CC(S)(S)N(CC)CC. The van der Waals surface area contributed by atoms with Crippen molar-refractivity contribution in [2.45, 2.75) is 31.9 Å². The fourth-order valence-electron chi connectivity index (χ4n) is 1.64. The minimum atomic E-state index is -2.60. The fourth-order valence-corrected chi connectivity index (χ4v) is 5.31. The third kappa shape index (κ3) is 5.01. The highest BCUT2D eigenvalue weighted by atomic mass is 32.2. The molecule has 0 aromatic heterocycles. The number of hydrogen-bond donors (Lipinski definition) is 2. The summed E-state index contributed by atoms with van der Waals surface area (Å²) in [5.74, 6) is 0. The molecule has 0 saturated heterocycles. The third-order valence-electron chi connectivity index (χ3n) is 2.57. The number of rotatable bonds is 8. The first-order valence-electron chi connectivity index (χ1n) is 5.77. The first-order chi connectivity index (χ1) is 7.35. The van der Waals surface area contributed by atoms with E-state index in [1.807, 2.05) is 27.7 Å². The maximum atomic E-state index is 12.4. The average molecular weight is 285 g/mol. The highest BCUT2D eigenvalue weighted by molar-refractivity contribution is 8.01. The lowest BCUT2D eigenvalue weighted by atomic mass is 10.5. The van der Waals surface area contributed by atoms with Crippen LogP contribution in [0, 0.1) is 0 Å². The van der Waals surface area contributed by atoms with Gasteiger partial charge in [0.25, 0.3) is 0 Å². The van der Waals surface area contributed by atoms with Crippen molar-refractivity contribution in [1.29, 1.82) is 0 Å². The number of thiol groups is 2. The molecule has 0 saturated carbocycles. The van der Waals surface area contributed by atoms with E-state index in [4.69, 9.17) is 4.52 Å². The number of hydrogen-bond acceptors (Lipinski definition) is 5. The van der Waals surface area contributed by atoms with Crippen LogP contribution in [0.2, 0.25) is 0 Å². The number of nitrogens with zero attached hydrogens (tertiary/aromatic N) is 1. The molecule has 0 aromatic rings. The van der Waals surface area contributed by atoms with E-state index in [0.29, 0.717) is 18.9 Å².